The SMILES string of the molecule is CC1=C(c2cccc(O)c2)C(c2ccc(OCCN3CCCC3)cc2)Oc2cc(O)ccc21. The number of likely N-dealkylation sites (tertiary alicyclic amines) is 1. The van der Waals surface area contributed by atoms with Crippen molar-refractivity contribution in [3.05, 3.63) is 83.4 Å². The van der Waals surface area contributed by atoms with E-state index in [2.05, 4.69) is 11.8 Å². The van der Waals surface area contributed by atoms with E-state index in [-0.39, 0.29) is 17.6 Å². The fourth-order valence-electron chi connectivity index (χ4n) is 4.76. The molecule has 5 nitrogen and oxygen atoms in total. The number of ether oxygens (including phenoxy) is 2. The molecule has 1 fully saturated rings. The van der Waals surface area contributed by atoms with Gasteiger partial charge in [-0.05, 0) is 86.0 Å². The van der Waals surface area contributed by atoms with E-state index in [0.29, 0.717) is 12.4 Å². The quantitative estimate of drug-likeness (QED) is 0.516. The largest absolute Gasteiger partial charge is 0.508 e. The average Bonchev–Trinajstić information content (AvgIpc) is 3.33. The topological polar surface area (TPSA) is 62.2 Å². The van der Waals surface area contributed by atoms with Crippen molar-refractivity contribution in [1.82, 2.24) is 4.90 Å². The van der Waals surface area contributed by atoms with Crippen LogP contribution >= 0.6 is 0 Å². The minimum absolute atomic E-state index is 0.169. The number of allylic oxidation sites excluding steroid dienone is 1. The lowest BCUT2D eigenvalue weighted by Crippen LogP contribution is -2.25. The molecule has 170 valence electrons. The summed E-state index contributed by atoms with van der Waals surface area (Å²) in [5, 5.41) is 20.1. The smallest absolute Gasteiger partial charge is 0.150 e. The van der Waals surface area contributed by atoms with Crippen LogP contribution in [0.15, 0.2) is 66.7 Å². The Labute approximate surface area is 194 Å². The number of aromatic hydroxyl groups is 2. The standard InChI is InChI=1S/C28H29NO4/c1-19-25-12-9-23(31)18-26(25)33-28(27(19)21-5-4-6-22(30)17-21)20-7-10-24(11-8-20)32-16-15-29-13-2-3-14-29/h4-12,17-18,28,30-31H,2-3,13-16H2,1H3. The molecule has 1 atom stereocenters. The Morgan fingerprint density at radius 1 is 0.939 bits per heavy atom. The van der Waals surface area contributed by atoms with Gasteiger partial charge >= 0.3 is 0 Å². The molecule has 33 heavy (non-hydrogen) atoms. The van der Waals surface area contributed by atoms with Gasteiger partial charge in [0.15, 0.2) is 0 Å². The number of hydrogen-bond donors (Lipinski definition) is 2. The summed E-state index contributed by atoms with van der Waals surface area (Å²) in [4.78, 5) is 2.44. The Hall–Kier alpha value is -3.44. The maximum atomic E-state index is 10.1. The van der Waals surface area contributed by atoms with Gasteiger partial charge in [-0.1, -0.05) is 24.3 Å². The lowest BCUT2D eigenvalue weighted by molar-refractivity contribution is 0.237. The van der Waals surface area contributed by atoms with Crippen molar-refractivity contribution in [2.75, 3.05) is 26.2 Å². The summed E-state index contributed by atoms with van der Waals surface area (Å²) < 4.78 is 12.4. The third-order valence-corrected chi connectivity index (χ3v) is 6.50. The van der Waals surface area contributed by atoms with Gasteiger partial charge in [0.1, 0.15) is 35.7 Å². The van der Waals surface area contributed by atoms with Gasteiger partial charge in [0, 0.05) is 23.7 Å². The molecule has 5 rings (SSSR count). The molecule has 2 N–H and O–H groups in total. The maximum absolute atomic E-state index is 10.1. The van der Waals surface area contributed by atoms with E-state index in [9.17, 15) is 10.2 Å². The predicted octanol–water partition coefficient (Wildman–Crippen LogP) is 5.64. The van der Waals surface area contributed by atoms with Gasteiger partial charge in [0.05, 0.1) is 0 Å². The Balaban J connectivity index is 1.43. The summed E-state index contributed by atoms with van der Waals surface area (Å²) in [6, 6.07) is 20.5. The highest BCUT2D eigenvalue weighted by Gasteiger charge is 2.29. The molecular formula is C28H29NO4. The zero-order chi connectivity index (χ0) is 22.8. The number of nitrogens with zero attached hydrogens (tertiary/aromatic N) is 1. The normalized spacial score (nSPS) is 18.2. The molecule has 0 spiro atoms. The summed E-state index contributed by atoms with van der Waals surface area (Å²) in [7, 11) is 0. The van der Waals surface area contributed by atoms with Gasteiger partial charge in [-0.2, -0.15) is 0 Å². The van der Waals surface area contributed by atoms with E-state index in [1.165, 1.54) is 25.9 Å². The number of hydrogen-bond acceptors (Lipinski definition) is 5. The van der Waals surface area contributed by atoms with Crippen LogP contribution < -0.4 is 9.47 Å². The highest BCUT2D eigenvalue weighted by atomic mass is 16.5. The zero-order valence-corrected chi connectivity index (χ0v) is 18.8. The number of fused-ring (bicyclic) bond motifs is 1. The molecule has 0 saturated carbocycles. The zero-order valence-electron chi connectivity index (χ0n) is 18.8. The van der Waals surface area contributed by atoms with Crippen LogP contribution in [0, 0.1) is 0 Å². The molecule has 2 aliphatic rings. The van der Waals surface area contributed by atoms with Gasteiger partial charge in [-0.15, -0.1) is 0 Å². The van der Waals surface area contributed by atoms with Crippen LogP contribution in [0.25, 0.3) is 11.1 Å². The van der Waals surface area contributed by atoms with E-state index < -0.39 is 0 Å². The molecule has 0 aliphatic carbocycles. The van der Waals surface area contributed by atoms with Crippen LogP contribution in [0.1, 0.15) is 42.6 Å². The lowest BCUT2D eigenvalue weighted by atomic mass is 9.86. The molecule has 0 amide bonds. The first-order valence-electron chi connectivity index (χ1n) is 11.5. The third kappa shape index (κ3) is 4.55. The molecule has 2 heterocycles. The molecule has 1 unspecified atom stereocenters. The third-order valence-electron chi connectivity index (χ3n) is 6.50. The molecular weight excluding hydrogens is 414 g/mol. The predicted molar refractivity (Wildman–Crippen MR) is 130 cm³/mol. The van der Waals surface area contributed by atoms with E-state index in [1.54, 1.807) is 24.3 Å². The fourth-order valence-corrected chi connectivity index (χ4v) is 4.76. The Kier molecular flexibility index (Phi) is 5.97. The minimum atomic E-state index is -0.375. The highest BCUT2D eigenvalue weighted by Crippen LogP contribution is 2.47. The summed E-state index contributed by atoms with van der Waals surface area (Å²) >= 11 is 0. The highest BCUT2D eigenvalue weighted by molar-refractivity contribution is 5.95. The van der Waals surface area contributed by atoms with Crippen molar-refractivity contribution >= 4 is 11.1 Å². The van der Waals surface area contributed by atoms with Crippen molar-refractivity contribution in [3.63, 3.8) is 0 Å². The molecule has 1 saturated heterocycles. The molecule has 3 aromatic rings. The Morgan fingerprint density at radius 2 is 1.70 bits per heavy atom. The molecule has 0 bridgehead atoms. The van der Waals surface area contributed by atoms with Crippen molar-refractivity contribution in [2.24, 2.45) is 0 Å². The van der Waals surface area contributed by atoms with E-state index >= 15 is 0 Å². The summed E-state index contributed by atoms with van der Waals surface area (Å²) in [6.45, 7) is 6.03. The monoisotopic (exact) mass is 443 g/mol. The second-order valence-electron chi connectivity index (χ2n) is 8.73. The van der Waals surface area contributed by atoms with Gasteiger partial charge in [0.25, 0.3) is 0 Å². The first kappa shape index (κ1) is 21.4. The van der Waals surface area contributed by atoms with Gasteiger partial charge in [-0.3, -0.25) is 4.90 Å². The Morgan fingerprint density at radius 3 is 2.45 bits per heavy atom. The van der Waals surface area contributed by atoms with Crippen molar-refractivity contribution in [2.45, 2.75) is 25.9 Å². The number of phenols is 2. The second-order valence-corrected chi connectivity index (χ2v) is 8.73. The van der Waals surface area contributed by atoms with Crippen LogP contribution in [0.2, 0.25) is 0 Å². The van der Waals surface area contributed by atoms with Crippen molar-refractivity contribution in [3.8, 4) is 23.0 Å². The summed E-state index contributed by atoms with van der Waals surface area (Å²) in [5.74, 6) is 1.87. The molecule has 2 aliphatic heterocycles. The van der Waals surface area contributed by atoms with Gasteiger partial charge in [-0.25, -0.2) is 0 Å². The number of benzene rings is 3. The first-order chi connectivity index (χ1) is 16.1. The molecule has 0 radical (unpaired) electrons. The number of phenolic OH excluding ortho intramolecular Hbond substituents is 2. The minimum Gasteiger partial charge on any atom is -0.508 e. The van der Waals surface area contributed by atoms with Crippen LogP contribution in [0.5, 0.6) is 23.0 Å². The van der Waals surface area contributed by atoms with E-state index in [0.717, 1.165) is 40.1 Å². The average molecular weight is 444 g/mol. The van der Waals surface area contributed by atoms with Crippen molar-refractivity contribution in [1.29, 1.82) is 0 Å². The number of rotatable bonds is 6. The van der Waals surface area contributed by atoms with Crippen LogP contribution in [-0.4, -0.2) is 41.4 Å². The summed E-state index contributed by atoms with van der Waals surface area (Å²) in [5.41, 5.74) is 4.87. The van der Waals surface area contributed by atoms with Gasteiger partial charge < -0.3 is 19.7 Å². The fraction of sp³-hybridized carbons (Fsp3) is 0.286. The van der Waals surface area contributed by atoms with Crippen molar-refractivity contribution < 1.29 is 19.7 Å². The summed E-state index contributed by atoms with van der Waals surface area (Å²) in [6.07, 6.45) is 2.19. The van der Waals surface area contributed by atoms with E-state index in [1.807, 2.05) is 42.5 Å². The molecule has 3 aromatic carbocycles. The van der Waals surface area contributed by atoms with Gasteiger partial charge in [0.2, 0.25) is 0 Å². The Bertz CT molecular complexity index is 1160. The van der Waals surface area contributed by atoms with Crippen LogP contribution in [0.4, 0.5) is 0 Å². The van der Waals surface area contributed by atoms with Crippen LogP contribution in [0.3, 0.4) is 0 Å². The molecule has 5 heteroatoms. The second kappa shape index (κ2) is 9.20. The molecule has 0 aromatic heterocycles. The first-order valence-corrected chi connectivity index (χ1v) is 11.5. The lowest BCUT2D eigenvalue weighted by Gasteiger charge is -2.31. The maximum Gasteiger partial charge on any atom is 0.150 e. The van der Waals surface area contributed by atoms with E-state index in [4.69, 9.17) is 9.47 Å². The van der Waals surface area contributed by atoms with Crippen LogP contribution in [-0.2, 0) is 0 Å².